The number of nitrogen functional groups attached to an aromatic ring is 2. The molecule has 2 aliphatic heterocycles. The Labute approximate surface area is 279 Å². The summed E-state index contributed by atoms with van der Waals surface area (Å²) in [6, 6.07) is 0. The molecule has 0 aliphatic carbocycles. The minimum absolute atomic E-state index is 0.0821. The lowest BCUT2D eigenvalue weighted by molar-refractivity contribution is -0.0502. The maximum absolute atomic E-state index is 10.8. The lowest BCUT2D eigenvalue weighted by atomic mass is 10.2. The predicted molar refractivity (Wildman–Crippen MR) is 174 cm³/mol. The van der Waals surface area contributed by atoms with Gasteiger partial charge in [-0.05, 0) is 23.6 Å². The number of hydrogen-bond donors (Lipinski definition) is 7. The van der Waals surface area contributed by atoms with Crippen molar-refractivity contribution in [1.82, 2.24) is 39.0 Å². The first kappa shape index (κ1) is 34.0. The average Bonchev–Trinajstić information content (AvgIpc) is 3.75. The molecule has 0 amide bonds. The Morgan fingerprint density at radius 2 is 1.43 bits per heavy atom. The molecule has 2 aliphatic rings. The number of hydrogen-bond acceptors (Lipinski definition) is 17. The van der Waals surface area contributed by atoms with Crippen LogP contribution in [-0.2, 0) is 51.2 Å². The second kappa shape index (κ2) is 13.2. The van der Waals surface area contributed by atoms with Crippen LogP contribution in [0.15, 0.2) is 12.7 Å². The van der Waals surface area contributed by atoms with Gasteiger partial charge in [0.25, 0.3) is 0 Å². The van der Waals surface area contributed by atoms with E-state index in [1.807, 2.05) is 0 Å². The van der Waals surface area contributed by atoms with Gasteiger partial charge >= 0.3 is 13.4 Å². The van der Waals surface area contributed by atoms with E-state index in [4.69, 9.17) is 75.3 Å². The number of aliphatic hydroxyl groups excluding tert-OH is 1. The van der Waals surface area contributed by atoms with Crippen molar-refractivity contribution in [2.75, 3.05) is 31.8 Å². The van der Waals surface area contributed by atoms with Crippen LogP contribution in [0.2, 0.25) is 0 Å². The first-order valence-electron chi connectivity index (χ1n) is 13.4. The molecule has 6 rings (SSSR count). The van der Waals surface area contributed by atoms with Crippen molar-refractivity contribution in [1.29, 1.82) is 0 Å². The molecule has 19 nitrogen and oxygen atoms in total. The number of rotatable bonds is 11. The highest BCUT2D eigenvalue weighted by atomic mass is 32.5. The standard InChI is InChI=1S/C21H28N10O9P2S4/c1-35-42(46,37-4-10-8(32)2-12(38-10)30-6-24-14-16(30)26-20(22)28-18(14)43)40-9-3-13(39-11(9)5-36-41(33,34)45)31-7-25-15-17(31)27-21(23)29-19(15)44/h6-13,32H,2-5H2,1H3,(H2,33,34,45)(H3,22,26,28,43)(H3,23,27,29,44)/t8?,9?,10-,11-,12-,13-,42?/m1/s1. The molecule has 0 radical (unpaired) electrons. The molecule has 250 valence electrons. The van der Waals surface area contributed by atoms with E-state index in [1.54, 1.807) is 9.13 Å². The van der Waals surface area contributed by atoms with Gasteiger partial charge < -0.3 is 63.9 Å². The third-order valence-electron chi connectivity index (χ3n) is 7.23. The number of fused-ring (bicyclic) bond motifs is 2. The van der Waals surface area contributed by atoms with Crippen LogP contribution in [0.25, 0.3) is 22.3 Å². The molecule has 9 N–H and O–H groups in total. The van der Waals surface area contributed by atoms with Gasteiger partial charge in [-0.1, -0.05) is 24.4 Å². The zero-order chi connectivity index (χ0) is 33.0. The van der Waals surface area contributed by atoms with E-state index in [9.17, 15) is 14.9 Å². The number of aromatic nitrogens is 8. The Morgan fingerprint density at radius 1 is 0.913 bits per heavy atom. The number of nitrogens with zero attached hydrogens (tertiary/aromatic N) is 6. The summed E-state index contributed by atoms with van der Waals surface area (Å²) in [5.74, 6) is 0.194. The molecule has 0 bridgehead atoms. The fraction of sp³-hybridized carbons (Fsp3) is 0.524. The molecule has 7 atom stereocenters. The van der Waals surface area contributed by atoms with E-state index in [0.29, 0.717) is 22.3 Å². The van der Waals surface area contributed by atoms with E-state index in [2.05, 4.69) is 41.7 Å². The monoisotopic (exact) mass is 754 g/mol. The van der Waals surface area contributed by atoms with E-state index >= 15 is 0 Å². The first-order valence-corrected chi connectivity index (χ1v) is 19.4. The molecule has 0 aromatic carbocycles. The minimum Gasteiger partial charge on any atom is -0.390 e. The average molecular weight is 755 g/mol. The van der Waals surface area contributed by atoms with Crippen molar-refractivity contribution in [2.45, 2.75) is 49.7 Å². The number of ether oxygens (including phenoxy) is 2. The molecule has 4 aromatic heterocycles. The van der Waals surface area contributed by atoms with Gasteiger partial charge in [0.2, 0.25) is 0 Å². The fourth-order valence-electron chi connectivity index (χ4n) is 5.14. The Morgan fingerprint density at radius 3 is 1.98 bits per heavy atom. The summed E-state index contributed by atoms with van der Waals surface area (Å²) in [7, 11) is 1.33. The molecular weight excluding hydrogens is 727 g/mol. The third-order valence-corrected chi connectivity index (χ3v) is 11.1. The Hall–Kier alpha value is -1.92. The Kier molecular flexibility index (Phi) is 9.73. The summed E-state index contributed by atoms with van der Waals surface area (Å²) in [6.07, 6.45) is -1.45. The van der Waals surface area contributed by atoms with Crippen molar-refractivity contribution >= 4 is 95.7 Å². The molecule has 2 saturated heterocycles. The molecule has 6 heterocycles. The number of imidazole rings is 2. The number of nitrogens with two attached hydrogens (primary N) is 2. The quantitative estimate of drug-likeness (QED) is 0.0847. The van der Waals surface area contributed by atoms with Crippen LogP contribution >= 0.6 is 37.9 Å². The first-order chi connectivity index (χ1) is 21.7. The maximum atomic E-state index is 10.8. The zero-order valence-electron chi connectivity index (χ0n) is 23.6. The van der Waals surface area contributed by atoms with Gasteiger partial charge in [-0.2, -0.15) is 0 Å². The van der Waals surface area contributed by atoms with Gasteiger partial charge in [0.15, 0.2) is 21.2 Å². The second-order valence-electron chi connectivity index (χ2n) is 10.2. The van der Waals surface area contributed by atoms with Crippen LogP contribution in [0.1, 0.15) is 25.3 Å². The topological polar surface area (TPSA) is 261 Å². The largest absolute Gasteiger partial charge is 0.390 e. The van der Waals surface area contributed by atoms with Crippen LogP contribution in [-0.4, -0.2) is 98.7 Å². The molecule has 2 fully saturated rings. The summed E-state index contributed by atoms with van der Waals surface area (Å²) in [5.41, 5.74) is 13.5. The smallest absolute Gasteiger partial charge is 0.327 e. The number of aliphatic hydroxyl groups is 1. The molecule has 4 aromatic rings. The normalized spacial score (nSPS) is 26.7. The van der Waals surface area contributed by atoms with Crippen molar-refractivity contribution in [3.63, 3.8) is 0 Å². The van der Waals surface area contributed by atoms with Gasteiger partial charge in [0.1, 0.15) is 47.0 Å². The summed E-state index contributed by atoms with van der Waals surface area (Å²) >= 11 is 20.8. The van der Waals surface area contributed by atoms with Crippen molar-refractivity contribution in [3.05, 3.63) is 21.9 Å². The predicted octanol–water partition coefficient (Wildman–Crippen LogP) is 1.59. The third kappa shape index (κ3) is 7.09. The van der Waals surface area contributed by atoms with Gasteiger partial charge in [0.05, 0.1) is 38.1 Å². The molecule has 25 heteroatoms. The van der Waals surface area contributed by atoms with Gasteiger partial charge in [0, 0.05) is 20.0 Å². The van der Waals surface area contributed by atoms with Crippen LogP contribution in [0.3, 0.4) is 0 Å². The summed E-state index contributed by atoms with van der Waals surface area (Å²) < 4.78 is 38.7. The van der Waals surface area contributed by atoms with Crippen LogP contribution < -0.4 is 11.5 Å². The molecule has 0 spiro atoms. The SMILES string of the molecule is COP(=S)(OC[C@H]1O[C@@H](n2cnc3c(=S)nc(N)[nH]c32)CC1O)OC1C[C@H](n2cnc3c(=S)nc(N)[nH]c32)O[C@@H]1COP(O)(O)=S. The Balaban J connectivity index is 1.17. The van der Waals surface area contributed by atoms with E-state index in [0.717, 1.165) is 0 Å². The zero-order valence-corrected chi connectivity index (χ0v) is 28.7. The molecule has 3 unspecified atom stereocenters. The highest BCUT2D eigenvalue weighted by Gasteiger charge is 2.43. The van der Waals surface area contributed by atoms with Crippen molar-refractivity contribution < 1.29 is 42.5 Å². The van der Waals surface area contributed by atoms with E-state index in [1.165, 1.54) is 19.8 Å². The van der Waals surface area contributed by atoms with Gasteiger partial charge in [-0.25, -0.2) is 19.9 Å². The lowest BCUT2D eigenvalue weighted by Gasteiger charge is -2.27. The minimum atomic E-state index is -4.03. The molecule has 46 heavy (non-hydrogen) atoms. The Bertz CT molecular complexity index is 1980. The number of anilines is 2. The molecule has 0 saturated carbocycles. The van der Waals surface area contributed by atoms with Crippen LogP contribution in [0.4, 0.5) is 11.9 Å². The number of aromatic amines is 2. The number of H-pyrrole nitrogens is 2. The van der Waals surface area contributed by atoms with Crippen LogP contribution in [0.5, 0.6) is 0 Å². The highest BCUT2D eigenvalue weighted by molar-refractivity contribution is 8.07. The van der Waals surface area contributed by atoms with Gasteiger partial charge in [-0.15, -0.1) is 0 Å². The number of nitrogens with one attached hydrogen (secondary N) is 2. The van der Waals surface area contributed by atoms with Crippen molar-refractivity contribution in [3.8, 4) is 0 Å². The van der Waals surface area contributed by atoms with Gasteiger partial charge in [-0.3, -0.25) is 9.13 Å². The van der Waals surface area contributed by atoms with E-state index in [-0.39, 0.29) is 47.2 Å². The van der Waals surface area contributed by atoms with E-state index < -0.39 is 50.3 Å². The fourth-order valence-corrected chi connectivity index (χ4v) is 7.81. The van der Waals surface area contributed by atoms with Crippen molar-refractivity contribution in [2.24, 2.45) is 0 Å². The summed E-state index contributed by atoms with van der Waals surface area (Å²) in [5, 5.41) is 10.8. The van der Waals surface area contributed by atoms with Crippen LogP contribution in [0, 0.1) is 9.28 Å². The maximum Gasteiger partial charge on any atom is 0.327 e. The highest BCUT2D eigenvalue weighted by Crippen LogP contribution is 2.54. The summed E-state index contributed by atoms with van der Waals surface area (Å²) in [6.45, 7) is -8.07. The lowest BCUT2D eigenvalue weighted by Crippen LogP contribution is -2.30. The summed E-state index contributed by atoms with van der Waals surface area (Å²) in [4.78, 5) is 41.8. The second-order valence-corrected chi connectivity index (χ2v) is 16.7. The molecular formula is C21H28N10O9P2S4.